The Kier molecular flexibility index (Phi) is 4.29. The van der Waals surface area contributed by atoms with Crippen LogP contribution in [0.5, 0.6) is 0 Å². The minimum absolute atomic E-state index is 0.0360. The molecule has 2 heterocycles. The van der Waals surface area contributed by atoms with E-state index in [-0.39, 0.29) is 28.5 Å². The molecule has 31 heavy (non-hydrogen) atoms. The van der Waals surface area contributed by atoms with Crippen molar-refractivity contribution in [2.45, 2.75) is 26.8 Å². The lowest BCUT2D eigenvalue weighted by atomic mass is 9.97. The van der Waals surface area contributed by atoms with E-state index in [4.69, 9.17) is 4.42 Å². The van der Waals surface area contributed by atoms with Gasteiger partial charge in [-0.2, -0.15) is 0 Å². The smallest absolute Gasteiger partial charge is 0.295 e. The summed E-state index contributed by atoms with van der Waals surface area (Å²) >= 11 is 0. The lowest BCUT2D eigenvalue weighted by Gasteiger charge is -2.26. The maximum absolute atomic E-state index is 13.6. The van der Waals surface area contributed by atoms with Gasteiger partial charge < -0.3 is 4.42 Å². The summed E-state index contributed by atoms with van der Waals surface area (Å²) in [6, 6.07) is 16.2. The number of aryl methyl sites for hydroxylation is 3. The maximum atomic E-state index is 13.6. The Hall–Kier alpha value is -3.73. The zero-order valence-corrected chi connectivity index (χ0v) is 17.4. The Morgan fingerprint density at radius 2 is 1.61 bits per heavy atom. The molecule has 4 aromatic rings. The number of fused-ring (bicyclic) bond motifs is 2. The van der Waals surface area contributed by atoms with Crippen LogP contribution >= 0.6 is 0 Å². The normalized spacial score (nSPS) is 15.5. The van der Waals surface area contributed by atoms with Gasteiger partial charge in [0.25, 0.3) is 5.91 Å². The van der Waals surface area contributed by atoms with Gasteiger partial charge in [-0.25, -0.2) is 4.39 Å². The number of carbonyl (C=O) groups is 1. The van der Waals surface area contributed by atoms with Crippen molar-refractivity contribution in [3.05, 3.63) is 110 Å². The van der Waals surface area contributed by atoms with Crippen LogP contribution in [0.25, 0.3) is 11.0 Å². The third-order valence-electron chi connectivity index (χ3n) is 5.98. The molecular weight excluding hydrogens is 393 g/mol. The zero-order valence-electron chi connectivity index (χ0n) is 17.4. The SMILES string of the molecule is Cc1ccc2oc3c(c(=O)c2c1)C(c1ccc(F)cc1)N(c1ccc(C)c(C)c1)C3=O. The second-order valence-electron chi connectivity index (χ2n) is 8.07. The molecule has 154 valence electrons. The summed E-state index contributed by atoms with van der Waals surface area (Å²) in [6.07, 6.45) is 0. The molecule has 1 aliphatic heterocycles. The van der Waals surface area contributed by atoms with Gasteiger partial charge in [-0.1, -0.05) is 29.8 Å². The molecule has 1 aliphatic rings. The van der Waals surface area contributed by atoms with Gasteiger partial charge in [0.15, 0.2) is 5.43 Å². The van der Waals surface area contributed by atoms with Crippen LogP contribution in [0.15, 0.2) is 69.9 Å². The molecule has 0 fully saturated rings. The van der Waals surface area contributed by atoms with Gasteiger partial charge in [0.05, 0.1) is 17.0 Å². The molecule has 5 heteroatoms. The van der Waals surface area contributed by atoms with E-state index in [2.05, 4.69) is 0 Å². The van der Waals surface area contributed by atoms with Crippen molar-refractivity contribution in [1.29, 1.82) is 0 Å². The molecule has 5 rings (SSSR count). The predicted molar refractivity (Wildman–Crippen MR) is 118 cm³/mol. The summed E-state index contributed by atoms with van der Waals surface area (Å²) < 4.78 is 19.6. The second-order valence-corrected chi connectivity index (χ2v) is 8.07. The molecule has 0 N–H and O–H groups in total. The third kappa shape index (κ3) is 2.96. The number of carbonyl (C=O) groups excluding carboxylic acids is 1. The minimum atomic E-state index is -0.702. The van der Waals surface area contributed by atoms with E-state index in [0.29, 0.717) is 22.2 Å². The van der Waals surface area contributed by atoms with Crippen molar-refractivity contribution >= 4 is 22.6 Å². The largest absolute Gasteiger partial charge is 0.450 e. The molecule has 1 amide bonds. The fourth-order valence-electron chi connectivity index (χ4n) is 4.19. The lowest BCUT2D eigenvalue weighted by molar-refractivity contribution is 0.0971. The van der Waals surface area contributed by atoms with Gasteiger partial charge in [0, 0.05) is 5.69 Å². The van der Waals surface area contributed by atoms with Gasteiger partial charge in [0.1, 0.15) is 11.4 Å². The quantitative estimate of drug-likeness (QED) is 0.429. The highest BCUT2D eigenvalue weighted by atomic mass is 19.1. The van der Waals surface area contributed by atoms with E-state index in [9.17, 15) is 14.0 Å². The van der Waals surface area contributed by atoms with E-state index in [1.54, 1.807) is 29.2 Å². The summed E-state index contributed by atoms with van der Waals surface area (Å²) in [5, 5.41) is 0.431. The first kappa shape index (κ1) is 19.2. The molecule has 0 aliphatic carbocycles. The summed E-state index contributed by atoms with van der Waals surface area (Å²) in [4.78, 5) is 28.7. The van der Waals surface area contributed by atoms with Crippen molar-refractivity contribution in [3.8, 4) is 0 Å². The molecule has 0 saturated carbocycles. The van der Waals surface area contributed by atoms with Crippen LogP contribution in [0.1, 0.15) is 44.4 Å². The number of benzene rings is 3. The van der Waals surface area contributed by atoms with E-state index in [0.717, 1.165) is 16.7 Å². The summed E-state index contributed by atoms with van der Waals surface area (Å²) in [7, 11) is 0. The lowest BCUT2D eigenvalue weighted by Crippen LogP contribution is -2.29. The Bertz CT molecular complexity index is 1420. The predicted octanol–water partition coefficient (Wildman–Crippen LogP) is 5.61. The highest BCUT2D eigenvalue weighted by Gasteiger charge is 2.43. The molecule has 0 spiro atoms. The Morgan fingerprint density at radius 1 is 0.871 bits per heavy atom. The monoisotopic (exact) mass is 413 g/mol. The van der Waals surface area contributed by atoms with Crippen LogP contribution in [0, 0.1) is 26.6 Å². The number of hydrogen-bond acceptors (Lipinski definition) is 3. The van der Waals surface area contributed by atoms with Gasteiger partial charge in [-0.3, -0.25) is 14.5 Å². The van der Waals surface area contributed by atoms with Crippen LogP contribution in [0.2, 0.25) is 0 Å². The first-order valence-electron chi connectivity index (χ1n) is 10.1. The molecule has 4 nitrogen and oxygen atoms in total. The van der Waals surface area contributed by atoms with Crippen molar-refractivity contribution in [1.82, 2.24) is 0 Å². The molecule has 3 aromatic carbocycles. The number of anilines is 1. The molecule has 0 bridgehead atoms. The molecule has 1 unspecified atom stereocenters. The zero-order chi connectivity index (χ0) is 21.9. The van der Waals surface area contributed by atoms with Crippen LogP contribution in [0.4, 0.5) is 10.1 Å². The van der Waals surface area contributed by atoms with Gasteiger partial charge >= 0.3 is 0 Å². The van der Waals surface area contributed by atoms with Crippen molar-refractivity contribution < 1.29 is 13.6 Å². The number of hydrogen-bond donors (Lipinski definition) is 0. The number of nitrogens with zero attached hydrogens (tertiary/aromatic N) is 1. The Labute approximate surface area is 178 Å². The van der Waals surface area contributed by atoms with E-state index >= 15 is 0 Å². The van der Waals surface area contributed by atoms with Crippen LogP contribution < -0.4 is 10.3 Å². The van der Waals surface area contributed by atoms with Crippen LogP contribution in [-0.4, -0.2) is 5.91 Å². The molecule has 1 atom stereocenters. The fourth-order valence-corrected chi connectivity index (χ4v) is 4.19. The van der Waals surface area contributed by atoms with E-state index in [1.165, 1.54) is 12.1 Å². The summed E-state index contributed by atoms with van der Waals surface area (Å²) in [5.41, 5.74) is 4.78. The third-order valence-corrected chi connectivity index (χ3v) is 5.98. The van der Waals surface area contributed by atoms with Gasteiger partial charge in [-0.15, -0.1) is 0 Å². The number of amides is 1. The molecule has 0 saturated heterocycles. The van der Waals surface area contributed by atoms with Crippen LogP contribution in [-0.2, 0) is 0 Å². The second kappa shape index (κ2) is 6.91. The first-order valence-corrected chi connectivity index (χ1v) is 10.1. The minimum Gasteiger partial charge on any atom is -0.450 e. The highest BCUT2D eigenvalue weighted by molar-refractivity contribution is 6.10. The average Bonchev–Trinajstić information content (AvgIpc) is 3.04. The Balaban J connectivity index is 1.82. The van der Waals surface area contributed by atoms with E-state index < -0.39 is 6.04 Å². The standard InChI is InChI=1S/C26H20FNO3/c1-14-4-11-21-20(12-14)24(29)22-23(17-6-8-18(27)9-7-17)28(26(30)25(22)31-21)19-10-5-15(2)16(3)13-19/h4-13,23H,1-3H3. The van der Waals surface area contributed by atoms with Crippen molar-refractivity contribution in [2.75, 3.05) is 4.90 Å². The van der Waals surface area contributed by atoms with Gasteiger partial charge in [-0.05, 0) is 73.9 Å². The Morgan fingerprint density at radius 3 is 2.32 bits per heavy atom. The average molecular weight is 413 g/mol. The topological polar surface area (TPSA) is 50.5 Å². The molecule has 1 aromatic heterocycles. The number of halogens is 1. The number of rotatable bonds is 2. The summed E-state index contributed by atoms with van der Waals surface area (Å²) in [6.45, 7) is 5.87. The fraction of sp³-hybridized carbons (Fsp3) is 0.154. The first-order chi connectivity index (χ1) is 14.8. The molecular formula is C26H20FNO3. The van der Waals surface area contributed by atoms with Crippen molar-refractivity contribution in [3.63, 3.8) is 0 Å². The maximum Gasteiger partial charge on any atom is 0.295 e. The molecule has 0 radical (unpaired) electrons. The van der Waals surface area contributed by atoms with Crippen LogP contribution in [0.3, 0.4) is 0 Å². The highest BCUT2D eigenvalue weighted by Crippen LogP contribution is 2.41. The summed E-state index contributed by atoms with van der Waals surface area (Å²) in [5.74, 6) is -0.728. The van der Waals surface area contributed by atoms with Crippen molar-refractivity contribution in [2.24, 2.45) is 0 Å². The van der Waals surface area contributed by atoms with Gasteiger partial charge in [0.2, 0.25) is 5.76 Å². The van der Waals surface area contributed by atoms with E-state index in [1.807, 2.05) is 45.0 Å².